The van der Waals surface area contributed by atoms with Crippen molar-refractivity contribution in [2.45, 2.75) is 82.8 Å². The molecule has 4 atom stereocenters. The number of carboxylic acid groups (broad SMARTS) is 1. The summed E-state index contributed by atoms with van der Waals surface area (Å²) in [6.45, 7) is 8.21. The molecule has 15 heteroatoms. The molecule has 3 rings (SSSR count). The molecule has 0 bridgehead atoms. The summed E-state index contributed by atoms with van der Waals surface area (Å²) in [7, 11) is 2.95. The molecule has 2 heterocycles. The molecule has 45 heavy (non-hydrogen) atoms. The van der Waals surface area contributed by atoms with Crippen molar-refractivity contribution >= 4 is 68.1 Å². The summed E-state index contributed by atoms with van der Waals surface area (Å²) >= 11 is 0. The molecular weight excluding hydrogens is 622 g/mol. The van der Waals surface area contributed by atoms with E-state index in [-0.39, 0.29) is 23.5 Å². The van der Waals surface area contributed by atoms with Crippen LogP contribution in [-0.4, -0.2) is 98.4 Å². The van der Waals surface area contributed by atoms with E-state index in [1.807, 2.05) is 45.0 Å². The molecule has 1 aromatic carbocycles. The van der Waals surface area contributed by atoms with Gasteiger partial charge in [-0.15, -0.1) is 0 Å². The minimum absolute atomic E-state index is 0.130. The van der Waals surface area contributed by atoms with Crippen molar-refractivity contribution in [3.05, 3.63) is 36.0 Å². The molecule has 0 radical (unpaired) electrons. The Balaban J connectivity index is 1.75. The molecule has 246 valence electrons. The summed E-state index contributed by atoms with van der Waals surface area (Å²) in [5.74, 6) is -4.05. The number of likely N-dealkylation sites (tertiary alicyclic amines) is 1. The number of carboxylic acids is 1. The van der Waals surface area contributed by atoms with Crippen molar-refractivity contribution in [1.29, 1.82) is 0 Å². The Bertz CT molecular complexity index is 1410. The predicted octanol–water partition coefficient (Wildman–Crippen LogP) is 2.00. The number of hydrogen-bond acceptors (Lipinski definition) is 9. The van der Waals surface area contributed by atoms with Crippen LogP contribution in [0.4, 0.5) is 0 Å². The third-order valence-corrected chi connectivity index (χ3v) is 10.2. The molecule has 13 nitrogen and oxygen atoms in total. The normalized spacial score (nSPS) is 16.8. The number of benzene rings is 1. The Morgan fingerprint density at radius 2 is 1.80 bits per heavy atom. The maximum atomic E-state index is 13.9. The molecule has 2 aromatic rings. The number of H-pyrrole nitrogens is 1. The van der Waals surface area contributed by atoms with Gasteiger partial charge in [0.15, 0.2) is 6.61 Å². The van der Waals surface area contributed by atoms with Gasteiger partial charge in [0.25, 0.3) is 5.91 Å². The number of fused-ring (bicyclic) bond motifs is 1. The average Bonchev–Trinajstić information content (AvgIpc) is 3.61. The Hall–Kier alpha value is -3.72. The SMILES string of the molecule is CC(=O)N[C@@H](Cc1c[nH]c2ccccc12)C(=O)N[C@H](CSSC(C)(C)C)C(=O)N1CCC[C@H]1C(=O)OCC(=O)NC(C)C(=O)O. The van der Waals surface area contributed by atoms with Crippen LogP contribution >= 0.6 is 21.6 Å². The average molecular weight is 664 g/mol. The van der Waals surface area contributed by atoms with Crippen molar-refractivity contribution in [1.82, 2.24) is 25.8 Å². The lowest BCUT2D eigenvalue weighted by Gasteiger charge is -2.29. The Morgan fingerprint density at radius 3 is 2.47 bits per heavy atom. The van der Waals surface area contributed by atoms with Crippen LogP contribution in [0, 0.1) is 0 Å². The molecule has 5 N–H and O–H groups in total. The standard InChI is InChI=1S/C30H41N5O8S2/c1-17(28(40)41)32-25(37)15-43-29(42)24-11-8-12-35(24)27(39)23(16-44-45-30(3,4)5)34-26(38)22(33-18(2)36)13-19-14-31-21-10-7-6-9-20(19)21/h6-7,9-10,14,17,22-24,31H,8,11-13,15-16H2,1-5H3,(H,32,37)(H,33,36)(H,34,38)(H,40,41)/t17?,22-,23+,24-/m0/s1. The van der Waals surface area contributed by atoms with E-state index in [0.29, 0.717) is 12.8 Å². The number of amides is 4. The van der Waals surface area contributed by atoms with Gasteiger partial charge in [-0.1, -0.05) is 60.6 Å². The van der Waals surface area contributed by atoms with Crippen molar-refractivity contribution < 1.29 is 38.6 Å². The number of ether oxygens (including phenoxy) is 1. The number of rotatable bonds is 14. The Labute approximate surface area is 269 Å². The first-order chi connectivity index (χ1) is 21.2. The minimum atomic E-state index is -1.24. The Kier molecular flexibility index (Phi) is 12.7. The van der Waals surface area contributed by atoms with E-state index < -0.39 is 66.3 Å². The van der Waals surface area contributed by atoms with Crippen LogP contribution in [0.3, 0.4) is 0 Å². The third-order valence-electron chi connectivity index (χ3n) is 6.85. The number of esters is 1. The topological polar surface area (TPSA) is 187 Å². The highest BCUT2D eigenvalue weighted by Crippen LogP contribution is 2.35. The molecule has 1 aliphatic heterocycles. The lowest BCUT2D eigenvalue weighted by Crippen LogP contribution is -2.57. The fraction of sp³-hybridized carbons (Fsp3) is 0.533. The van der Waals surface area contributed by atoms with Gasteiger partial charge < -0.3 is 35.7 Å². The van der Waals surface area contributed by atoms with Crippen LogP contribution in [0.15, 0.2) is 30.5 Å². The summed E-state index contributed by atoms with van der Waals surface area (Å²) in [6, 6.07) is 3.47. The summed E-state index contributed by atoms with van der Waals surface area (Å²) in [5.41, 5.74) is 1.71. The lowest BCUT2D eigenvalue weighted by atomic mass is 10.0. The van der Waals surface area contributed by atoms with Gasteiger partial charge >= 0.3 is 11.9 Å². The molecule has 4 amide bonds. The monoisotopic (exact) mass is 663 g/mol. The van der Waals surface area contributed by atoms with Crippen molar-refractivity contribution in [3.63, 3.8) is 0 Å². The van der Waals surface area contributed by atoms with E-state index in [1.165, 1.54) is 29.5 Å². The zero-order chi connectivity index (χ0) is 33.3. The molecule has 1 aromatic heterocycles. The summed E-state index contributed by atoms with van der Waals surface area (Å²) in [6.07, 6.45) is 2.78. The smallest absolute Gasteiger partial charge is 0.329 e. The van der Waals surface area contributed by atoms with Crippen LogP contribution in [0.25, 0.3) is 10.9 Å². The fourth-order valence-corrected chi connectivity index (χ4v) is 7.21. The zero-order valence-electron chi connectivity index (χ0n) is 26.0. The molecule has 0 aliphatic carbocycles. The number of para-hydroxylation sites is 1. The van der Waals surface area contributed by atoms with Gasteiger partial charge in [-0.2, -0.15) is 0 Å². The molecule has 1 unspecified atom stereocenters. The maximum Gasteiger partial charge on any atom is 0.329 e. The fourth-order valence-electron chi connectivity index (χ4n) is 4.75. The van der Waals surface area contributed by atoms with Gasteiger partial charge in [0.2, 0.25) is 17.7 Å². The maximum absolute atomic E-state index is 13.9. The second-order valence-electron chi connectivity index (χ2n) is 11.8. The van der Waals surface area contributed by atoms with Crippen molar-refractivity contribution in [2.24, 2.45) is 0 Å². The third kappa shape index (κ3) is 10.7. The van der Waals surface area contributed by atoms with Crippen LogP contribution in [0.5, 0.6) is 0 Å². The van der Waals surface area contributed by atoms with Crippen molar-refractivity contribution in [3.8, 4) is 0 Å². The number of carbonyl (C=O) groups excluding carboxylic acids is 5. The van der Waals surface area contributed by atoms with Crippen LogP contribution in [0.1, 0.15) is 53.0 Å². The van der Waals surface area contributed by atoms with Crippen LogP contribution in [-0.2, 0) is 39.9 Å². The first-order valence-corrected chi connectivity index (χ1v) is 16.9. The summed E-state index contributed by atoms with van der Waals surface area (Å²) < 4.78 is 5.00. The molecule has 1 aliphatic rings. The first kappa shape index (κ1) is 35.8. The van der Waals surface area contributed by atoms with Gasteiger partial charge in [-0.05, 0) is 31.4 Å². The number of aliphatic carboxylic acids is 1. The van der Waals surface area contributed by atoms with E-state index in [1.54, 1.807) is 17.0 Å². The summed E-state index contributed by atoms with van der Waals surface area (Å²) in [4.78, 5) is 80.1. The molecule has 0 saturated carbocycles. The number of aromatic amines is 1. The van der Waals surface area contributed by atoms with Gasteiger partial charge in [0, 0.05) is 47.5 Å². The highest BCUT2D eigenvalue weighted by atomic mass is 33.1. The largest absolute Gasteiger partial charge is 0.480 e. The molecule has 1 saturated heterocycles. The first-order valence-electron chi connectivity index (χ1n) is 14.6. The number of nitrogens with one attached hydrogen (secondary N) is 4. The van der Waals surface area contributed by atoms with Gasteiger partial charge in [0.05, 0.1) is 0 Å². The number of hydrogen-bond donors (Lipinski definition) is 5. The summed E-state index contributed by atoms with van der Waals surface area (Å²) in [5, 5.41) is 17.6. The number of carbonyl (C=O) groups is 6. The lowest BCUT2D eigenvalue weighted by molar-refractivity contribution is -0.157. The van der Waals surface area contributed by atoms with E-state index in [9.17, 15) is 28.8 Å². The number of nitrogens with zero attached hydrogens (tertiary/aromatic N) is 1. The van der Waals surface area contributed by atoms with E-state index in [4.69, 9.17) is 9.84 Å². The molecular formula is C30H41N5O8S2. The Morgan fingerprint density at radius 1 is 1.09 bits per heavy atom. The molecule has 1 fully saturated rings. The van der Waals surface area contributed by atoms with Gasteiger partial charge in [-0.3, -0.25) is 24.0 Å². The predicted molar refractivity (Wildman–Crippen MR) is 172 cm³/mol. The zero-order valence-corrected chi connectivity index (χ0v) is 27.6. The van der Waals surface area contributed by atoms with E-state index in [0.717, 1.165) is 16.5 Å². The van der Waals surface area contributed by atoms with Crippen molar-refractivity contribution in [2.75, 3.05) is 18.9 Å². The minimum Gasteiger partial charge on any atom is -0.480 e. The highest BCUT2D eigenvalue weighted by molar-refractivity contribution is 8.77. The van der Waals surface area contributed by atoms with Crippen LogP contribution in [0.2, 0.25) is 0 Å². The quantitative estimate of drug-likeness (QED) is 0.148. The molecule has 0 spiro atoms. The van der Waals surface area contributed by atoms with Crippen LogP contribution < -0.4 is 16.0 Å². The van der Waals surface area contributed by atoms with E-state index >= 15 is 0 Å². The highest BCUT2D eigenvalue weighted by Gasteiger charge is 2.39. The van der Waals surface area contributed by atoms with Gasteiger partial charge in [-0.25, -0.2) is 4.79 Å². The van der Waals surface area contributed by atoms with Gasteiger partial charge in [0.1, 0.15) is 24.2 Å². The second kappa shape index (κ2) is 16.0. The second-order valence-corrected chi connectivity index (χ2v) is 15.0. The number of aromatic nitrogens is 1. The van der Waals surface area contributed by atoms with E-state index in [2.05, 4.69) is 20.9 Å².